The van der Waals surface area contributed by atoms with Crippen molar-refractivity contribution < 1.29 is 14.7 Å². The van der Waals surface area contributed by atoms with Gasteiger partial charge in [-0.3, -0.25) is 4.79 Å². The maximum Gasteiger partial charge on any atom is 0.326 e. The molecule has 0 radical (unpaired) electrons. The van der Waals surface area contributed by atoms with Crippen LogP contribution in [0.15, 0.2) is 12.4 Å². The Kier molecular flexibility index (Phi) is 5.04. The molecule has 7 heteroatoms. The van der Waals surface area contributed by atoms with Gasteiger partial charge in [0.2, 0.25) is 0 Å². The highest BCUT2D eigenvalue weighted by atomic mass is 16.4. The molecule has 0 aromatic carbocycles. The average molecular weight is 252 g/mol. The Hall–Kier alpha value is -2.18. The molecule has 0 saturated heterocycles. The fourth-order valence-electron chi connectivity index (χ4n) is 1.45. The number of nitrogens with one attached hydrogen (secondary N) is 1. The van der Waals surface area contributed by atoms with Crippen LogP contribution in [0.1, 0.15) is 36.7 Å². The van der Waals surface area contributed by atoms with Gasteiger partial charge in [0.25, 0.3) is 5.91 Å². The summed E-state index contributed by atoms with van der Waals surface area (Å²) in [6.07, 6.45) is 4.78. The minimum absolute atomic E-state index is 0.0553. The molecule has 0 bridgehead atoms. The Bertz CT molecular complexity index is 436. The minimum atomic E-state index is -0.996. The van der Waals surface area contributed by atoms with Crippen molar-refractivity contribution in [1.82, 2.24) is 9.97 Å². The zero-order valence-corrected chi connectivity index (χ0v) is 10.1. The first-order valence-electron chi connectivity index (χ1n) is 5.66. The van der Waals surface area contributed by atoms with Gasteiger partial charge in [0.05, 0.1) is 0 Å². The molecule has 1 aromatic heterocycles. The van der Waals surface area contributed by atoms with Crippen molar-refractivity contribution >= 4 is 17.7 Å². The molecule has 98 valence electrons. The number of carboxylic acids is 1. The first kappa shape index (κ1) is 13.9. The van der Waals surface area contributed by atoms with Crippen LogP contribution in [-0.2, 0) is 4.79 Å². The number of rotatable bonds is 7. The third kappa shape index (κ3) is 3.69. The number of anilines is 1. The summed E-state index contributed by atoms with van der Waals surface area (Å²) in [6.45, 7) is 1.97. The third-order valence-electron chi connectivity index (χ3n) is 2.39. The number of hydrogen-bond acceptors (Lipinski definition) is 5. The van der Waals surface area contributed by atoms with Crippen LogP contribution in [0.5, 0.6) is 0 Å². The van der Waals surface area contributed by atoms with Crippen molar-refractivity contribution in [3.05, 3.63) is 18.1 Å². The smallest absolute Gasteiger partial charge is 0.326 e. The summed E-state index contributed by atoms with van der Waals surface area (Å²) in [4.78, 5) is 29.9. The van der Waals surface area contributed by atoms with E-state index in [-0.39, 0.29) is 11.5 Å². The van der Waals surface area contributed by atoms with Crippen LogP contribution >= 0.6 is 0 Å². The number of aromatic nitrogens is 2. The lowest BCUT2D eigenvalue weighted by Crippen LogP contribution is -2.31. The minimum Gasteiger partial charge on any atom is -0.480 e. The van der Waals surface area contributed by atoms with Crippen molar-refractivity contribution in [2.75, 3.05) is 5.32 Å². The van der Waals surface area contributed by atoms with Crippen molar-refractivity contribution in [2.45, 2.75) is 32.2 Å². The molecule has 4 N–H and O–H groups in total. The Balaban J connectivity index is 2.86. The summed E-state index contributed by atoms with van der Waals surface area (Å²) < 4.78 is 0. The molecule has 0 aliphatic heterocycles. The van der Waals surface area contributed by atoms with Gasteiger partial charge in [-0.2, -0.15) is 0 Å². The quantitative estimate of drug-likeness (QED) is 0.655. The molecule has 0 aliphatic rings. The van der Waals surface area contributed by atoms with E-state index in [0.717, 1.165) is 12.8 Å². The molecule has 7 nitrogen and oxygen atoms in total. The number of primary amides is 1. The maximum absolute atomic E-state index is 11.1. The number of aliphatic carboxylic acids is 1. The number of nitrogens with zero attached hydrogens (tertiary/aromatic N) is 2. The van der Waals surface area contributed by atoms with Crippen molar-refractivity contribution in [3.8, 4) is 0 Å². The topological polar surface area (TPSA) is 118 Å². The van der Waals surface area contributed by atoms with E-state index in [2.05, 4.69) is 15.3 Å². The molecule has 1 amide bonds. The molecule has 1 atom stereocenters. The van der Waals surface area contributed by atoms with Crippen LogP contribution in [0.4, 0.5) is 5.82 Å². The monoisotopic (exact) mass is 252 g/mol. The van der Waals surface area contributed by atoms with Gasteiger partial charge in [0.1, 0.15) is 6.04 Å². The standard InChI is InChI=1S/C11H16N4O3/c1-2-3-4-7(11(17)18)15-10-8(9(12)16)13-5-6-14-10/h5-7H,2-4H2,1H3,(H2,12,16)(H,14,15)(H,17,18). The second-order valence-electron chi connectivity index (χ2n) is 3.80. The predicted octanol–water partition coefficient (Wildman–Crippen LogP) is 0.631. The molecule has 18 heavy (non-hydrogen) atoms. The summed E-state index contributed by atoms with van der Waals surface area (Å²) >= 11 is 0. The van der Waals surface area contributed by atoms with Crippen molar-refractivity contribution in [2.24, 2.45) is 5.73 Å². The summed E-state index contributed by atoms with van der Waals surface area (Å²) in [5.74, 6) is -1.64. The Morgan fingerprint density at radius 2 is 2.11 bits per heavy atom. The molecular formula is C11H16N4O3. The lowest BCUT2D eigenvalue weighted by Gasteiger charge is -2.15. The number of carboxylic acid groups (broad SMARTS) is 1. The molecule has 1 aromatic rings. The second-order valence-corrected chi connectivity index (χ2v) is 3.80. The highest BCUT2D eigenvalue weighted by Crippen LogP contribution is 2.12. The molecular weight excluding hydrogens is 236 g/mol. The molecule has 0 fully saturated rings. The van der Waals surface area contributed by atoms with Gasteiger partial charge < -0.3 is 16.2 Å². The largest absolute Gasteiger partial charge is 0.480 e. The van der Waals surface area contributed by atoms with E-state index in [4.69, 9.17) is 10.8 Å². The van der Waals surface area contributed by atoms with E-state index in [0.29, 0.717) is 6.42 Å². The number of carbonyl (C=O) groups excluding carboxylic acids is 1. The number of carbonyl (C=O) groups is 2. The first-order valence-corrected chi connectivity index (χ1v) is 5.66. The van der Waals surface area contributed by atoms with Crippen LogP contribution in [-0.4, -0.2) is 33.0 Å². The third-order valence-corrected chi connectivity index (χ3v) is 2.39. The van der Waals surface area contributed by atoms with Crippen LogP contribution in [0.25, 0.3) is 0 Å². The molecule has 1 heterocycles. The van der Waals surface area contributed by atoms with Crippen LogP contribution in [0.2, 0.25) is 0 Å². The first-order chi connectivity index (χ1) is 8.56. The summed E-state index contributed by atoms with van der Waals surface area (Å²) in [6, 6.07) is -0.806. The van der Waals surface area contributed by atoms with Crippen molar-refractivity contribution in [3.63, 3.8) is 0 Å². The Morgan fingerprint density at radius 1 is 1.44 bits per heavy atom. The molecule has 0 aliphatic carbocycles. The second kappa shape index (κ2) is 6.53. The fraction of sp³-hybridized carbons (Fsp3) is 0.455. The predicted molar refractivity (Wildman–Crippen MR) is 65.1 cm³/mol. The Labute approximate surface area is 104 Å². The van der Waals surface area contributed by atoms with Crippen molar-refractivity contribution in [1.29, 1.82) is 0 Å². The zero-order chi connectivity index (χ0) is 13.5. The number of amides is 1. The van der Waals surface area contributed by atoms with E-state index in [1.54, 1.807) is 0 Å². The maximum atomic E-state index is 11.1. The zero-order valence-electron chi connectivity index (χ0n) is 10.1. The number of hydrogen-bond donors (Lipinski definition) is 3. The Morgan fingerprint density at radius 3 is 2.67 bits per heavy atom. The van der Waals surface area contributed by atoms with E-state index in [9.17, 15) is 9.59 Å². The normalized spacial score (nSPS) is 11.8. The van der Waals surface area contributed by atoms with Crippen LogP contribution in [0, 0.1) is 0 Å². The average Bonchev–Trinajstić information content (AvgIpc) is 2.34. The summed E-state index contributed by atoms with van der Waals surface area (Å²) in [5.41, 5.74) is 5.08. The lowest BCUT2D eigenvalue weighted by atomic mass is 10.1. The number of nitrogens with two attached hydrogens (primary N) is 1. The van der Waals surface area contributed by atoms with Gasteiger partial charge in [-0.25, -0.2) is 14.8 Å². The molecule has 0 saturated carbocycles. The van der Waals surface area contributed by atoms with Crippen LogP contribution in [0.3, 0.4) is 0 Å². The lowest BCUT2D eigenvalue weighted by molar-refractivity contribution is -0.138. The molecule has 1 unspecified atom stereocenters. The summed E-state index contributed by atoms with van der Waals surface area (Å²) in [5, 5.41) is 11.8. The SMILES string of the molecule is CCCCC(Nc1nccnc1C(N)=O)C(=O)O. The van der Waals surface area contributed by atoms with Gasteiger partial charge in [-0.15, -0.1) is 0 Å². The highest BCUT2D eigenvalue weighted by molar-refractivity contribution is 5.95. The van der Waals surface area contributed by atoms with E-state index in [1.807, 2.05) is 6.92 Å². The summed E-state index contributed by atoms with van der Waals surface area (Å²) in [7, 11) is 0. The highest BCUT2D eigenvalue weighted by Gasteiger charge is 2.20. The van der Waals surface area contributed by atoms with Gasteiger partial charge in [-0.1, -0.05) is 19.8 Å². The van der Waals surface area contributed by atoms with Gasteiger partial charge in [0, 0.05) is 12.4 Å². The van der Waals surface area contributed by atoms with E-state index in [1.165, 1.54) is 12.4 Å². The molecule has 1 rings (SSSR count). The molecule has 0 spiro atoms. The number of unbranched alkanes of at least 4 members (excludes halogenated alkanes) is 1. The van der Waals surface area contributed by atoms with E-state index < -0.39 is 17.9 Å². The van der Waals surface area contributed by atoms with E-state index >= 15 is 0 Å². The van der Waals surface area contributed by atoms with Crippen LogP contribution < -0.4 is 11.1 Å². The fourth-order valence-corrected chi connectivity index (χ4v) is 1.45. The van der Waals surface area contributed by atoms with Gasteiger partial charge in [0.15, 0.2) is 11.5 Å². The van der Waals surface area contributed by atoms with Gasteiger partial charge >= 0.3 is 5.97 Å². The van der Waals surface area contributed by atoms with Gasteiger partial charge in [-0.05, 0) is 6.42 Å².